The van der Waals surface area contributed by atoms with Gasteiger partial charge in [-0.3, -0.25) is 28.8 Å². The van der Waals surface area contributed by atoms with Crippen molar-refractivity contribution in [1.29, 1.82) is 0 Å². The lowest BCUT2D eigenvalue weighted by molar-refractivity contribution is -0.329. The Bertz CT molecular complexity index is 1030. The lowest BCUT2D eigenvalue weighted by Gasteiger charge is -2.46. The van der Waals surface area contributed by atoms with E-state index in [1.54, 1.807) is 0 Å². The van der Waals surface area contributed by atoms with Crippen LogP contribution >= 0.6 is 0 Å². The molecule has 17 nitrogen and oxygen atoms in total. The monoisotopic (exact) mass is 591 g/mol. The average molecular weight is 592 g/mol. The maximum Gasteiger partial charge on any atom is 0.303 e. The van der Waals surface area contributed by atoms with Crippen LogP contribution in [0.4, 0.5) is 0 Å². The molecule has 2 aliphatic rings. The van der Waals surface area contributed by atoms with Crippen molar-refractivity contribution in [3.8, 4) is 0 Å². The van der Waals surface area contributed by atoms with Gasteiger partial charge in [0.05, 0.1) is 6.61 Å². The first kappa shape index (κ1) is 33.4. The van der Waals surface area contributed by atoms with E-state index in [4.69, 9.17) is 42.6 Å². The minimum atomic E-state index is -1.69. The van der Waals surface area contributed by atoms with Crippen molar-refractivity contribution in [2.75, 3.05) is 19.8 Å². The molecule has 0 saturated carbocycles. The molecule has 8 atom stereocenters. The zero-order valence-corrected chi connectivity index (χ0v) is 23.3. The molecule has 230 valence electrons. The Morgan fingerprint density at radius 3 is 1.66 bits per heavy atom. The molecule has 2 fully saturated rings. The van der Waals surface area contributed by atoms with E-state index in [2.05, 4.69) is 5.16 Å². The molecule has 0 spiro atoms. The van der Waals surface area contributed by atoms with Crippen LogP contribution in [0.15, 0.2) is 5.16 Å². The largest absolute Gasteiger partial charge is 0.463 e. The summed E-state index contributed by atoms with van der Waals surface area (Å²) in [7, 11) is 0. The van der Waals surface area contributed by atoms with Crippen LogP contribution in [0.25, 0.3) is 0 Å². The molecule has 0 aliphatic carbocycles. The van der Waals surface area contributed by atoms with Gasteiger partial charge in [0.2, 0.25) is 0 Å². The highest BCUT2D eigenvalue weighted by Crippen LogP contribution is 2.33. The summed E-state index contributed by atoms with van der Waals surface area (Å²) in [6.45, 7) is 5.20. The maximum atomic E-state index is 12.1. The average Bonchev–Trinajstić information content (AvgIpc) is 2.85. The Kier molecular flexibility index (Phi) is 12.4. The Labute approximate surface area is 234 Å². The Morgan fingerprint density at radius 1 is 0.683 bits per heavy atom. The third kappa shape index (κ3) is 9.94. The molecule has 0 aromatic rings. The van der Waals surface area contributed by atoms with Crippen molar-refractivity contribution in [2.45, 2.75) is 90.6 Å². The Morgan fingerprint density at radius 2 is 1.17 bits per heavy atom. The third-order valence-corrected chi connectivity index (χ3v) is 5.55. The molecule has 0 unspecified atom stereocenters. The van der Waals surface area contributed by atoms with Crippen molar-refractivity contribution in [3.05, 3.63) is 0 Å². The van der Waals surface area contributed by atoms with Gasteiger partial charge >= 0.3 is 35.8 Å². The summed E-state index contributed by atoms with van der Waals surface area (Å²) in [6, 6.07) is 0. The van der Waals surface area contributed by atoms with Gasteiger partial charge in [0, 0.05) is 41.5 Å². The van der Waals surface area contributed by atoms with Gasteiger partial charge in [0.25, 0.3) is 0 Å². The molecule has 2 saturated heterocycles. The van der Waals surface area contributed by atoms with E-state index in [9.17, 15) is 34.0 Å². The lowest BCUT2D eigenvalue weighted by atomic mass is 9.96. The van der Waals surface area contributed by atoms with Gasteiger partial charge in [0.1, 0.15) is 37.2 Å². The van der Waals surface area contributed by atoms with Gasteiger partial charge in [-0.05, 0) is 0 Å². The first-order valence-electron chi connectivity index (χ1n) is 12.3. The number of ether oxygens (including phenoxy) is 9. The quantitative estimate of drug-likeness (QED) is 0.142. The highest BCUT2D eigenvalue weighted by molar-refractivity contribution is 5.92. The van der Waals surface area contributed by atoms with E-state index >= 15 is 0 Å². The van der Waals surface area contributed by atoms with Crippen LogP contribution in [-0.4, -0.2) is 116 Å². The Hall–Kier alpha value is -3.83. The predicted molar refractivity (Wildman–Crippen MR) is 128 cm³/mol. The van der Waals surface area contributed by atoms with Crippen LogP contribution in [0.1, 0.15) is 41.5 Å². The number of hydrogen-bond donors (Lipinski definition) is 1. The van der Waals surface area contributed by atoms with Crippen LogP contribution in [0.2, 0.25) is 0 Å². The second-order valence-corrected chi connectivity index (χ2v) is 8.94. The van der Waals surface area contributed by atoms with Gasteiger partial charge in [-0.25, -0.2) is 0 Å². The van der Waals surface area contributed by atoms with Gasteiger partial charge in [0.15, 0.2) is 30.7 Å². The van der Waals surface area contributed by atoms with Crippen LogP contribution < -0.4 is 0 Å². The minimum absolute atomic E-state index is 0.185. The fraction of sp³-hybridized carbons (Fsp3) is 0.708. The van der Waals surface area contributed by atoms with Crippen molar-refractivity contribution in [3.63, 3.8) is 0 Å². The van der Waals surface area contributed by atoms with Crippen LogP contribution in [0.5, 0.6) is 0 Å². The number of oxime groups is 1. The molecule has 17 heteroatoms. The second-order valence-electron chi connectivity index (χ2n) is 8.94. The molecule has 0 amide bonds. The van der Waals surface area contributed by atoms with Gasteiger partial charge in [-0.15, -0.1) is 0 Å². The molecular weight excluding hydrogens is 558 g/mol. The summed E-state index contributed by atoms with van der Waals surface area (Å²) in [5.41, 5.74) is -0.185. The van der Waals surface area contributed by atoms with Crippen molar-refractivity contribution in [1.82, 2.24) is 0 Å². The van der Waals surface area contributed by atoms with Gasteiger partial charge in [-0.2, -0.15) is 0 Å². The number of rotatable bonds is 10. The molecule has 2 rings (SSSR count). The molecule has 2 heterocycles. The van der Waals surface area contributed by atoms with E-state index in [0.717, 1.165) is 41.5 Å². The van der Waals surface area contributed by atoms with Crippen molar-refractivity contribution in [2.24, 2.45) is 5.16 Å². The predicted octanol–water partition coefficient (Wildman–Crippen LogP) is -0.821. The minimum Gasteiger partial charge on any atom is -0.463 e. The molecule has 0 aromatic carbocycles. The van der Waals surface area contributed by atoms with E-state index < -0.39 is 98.0 Å². The SMILES string of the molecule is CC(=O)OC[C@H]1O[C@H](O[C@H]2[C@H](OC(C)=O)/C(=N/O)CO[C@@H]2COC(C)=O)[C@H](OC(C)=O)[C@@H](OC(C)=O)[C@@H]1OC(C)=O. The Balaban J connectivity index is 2.60. The van der Waals surface area contributed by atoms with E-state index in [-0.39, 0.29) is 12.3 Å². The van der Waals surface area contributed by atoms with Crippen LogP contribution in [0.3, 0.4) is 0 Å². The smallest absolute Gasteiger partial charge is 0.303 e. The standard InChI is InChI=1S/C24H33NO16/c1-10(26)33-8-17-20(19(36-12(3)28)16(25-32)7-35-17)41-24-23(39-15(6)31)22(38-14(5)30)21(37-13(4)29)18(40-24)9-34-11(2)27/h17-24,32H,7-9H2,1-6H3/b25-16+/t17-,18-,19-,20-,21-,22+,23-,24-/m1/s1. The molecule has 0 aromatic heterocycles. The summed E-state index contributed by atoms with van der Waals surface area (Å²) in [5.74, 6) is -4.78. The topological polar surface area (TPSA) is 218 Å². The summed E-state index contributed by atoms with van der Waals surface area (Å²) in [5, 5.41) is 12.6. The zero-order valence-electron chi connectivity index (χ0n) is 23.3. The zero-order chi connectivity index (χ0) is 30.9. The summed E-state index contributed by atoms with van der Waals surface area (Å²) < 4.78 is 49.0. The molecule has 1 N–H and O–H groups in total. The number of nitrogens with zero attached hydrogens (tertiary/aromatic N) is 1. The number of hydrogen-bond acceptors (Lipinski definition) is 17. The fourth-order valence-electron chi connectivity index (χ4n) is 4.11. The first-order valence-corrected chi connectivity index (χ1v) is 12.3. The maximum absolute atomic E-state index is 12.1. The molecule has 0 radical (unpaired) electrons. The summed E-state index contributed by atoms with van der Waals surface area (Å²) in [4.78, 5) is 71.1. The highest BCUT2D eigenvalue weighted by atomic mass is 16.7. The molecule has 0 bridgehead atoms. The summed E-state index contributed by atoms with van der Waals surface area (Å²) in [6.07, 6.45) is -11.6. The van der Waals surface area contributed by atoms with Gasteiger partial charge < -0.3 is 47.8 Å². The van der Waals surface area contributed by atoms with Crippen molar-refractivity contribution < 1.29 is 76.6 Å². The lowest BCUT2D eigenvalue weighted by Crippen LogP contribution is -2.65. The number of carbonyl (C=O) groups excluding carboxylic acids is 6. The molecule has 2 aliphatic heterocycles. The second kappa shape index (κ2) is 15.2. The first-order chi connectivity index (χ1) is 19.2. The fourth-order valence-corrected chi connectivity index (χ4v) is 4.11. The van der Waals surface area contributed by atoms with Crippen LogP contribution in [0, 0.1) is 0 Å². The summed E-state index contributed by atoms with van der Waals surface area (Å²) >= 11 is 0. The highest BCUT2D eigenvalue weighted by Gasteiger charge is 2.55. The van der Waals surface area contributed by atoms with Gasteiger partial charge in [-0.1, -0.05) is 5.16 Å². The number of esters is 6. The van der Waals surface area contributed by atoms with E-state index in [1.807, 2.05) is 0 Å². The van der Waals surface area contributed by atoms with E-state index in [1.165, 1.54) is 0 Å². The number of carbonyl (C=O) groups is 6. The van der Waals surface area contributed by atoms with E-state index in [0.29, 0.717) is 0 Å². The van der Waals surface area contributed by atoms with Crippen LogP contribution in [-0.2, 0) is 71.4 Å². The van der Waals surface area contributed by atoms with Crippen molar-refractivity contribution >= 4 is 41.5 Å². The molecular formula is C24H33NO16. The third-order valence-electron chi connectivity index (χ3n) is 5.55. The normalized spacial score (nSPS) is 30.4. The molecule has 41 heavy (non-hydrogen) atoms.